The highest BCUT2D eigenvalue weighted by Crippen LogP contribution is 2.09. The third-order valence-corrected chi connectivity index (χ3v) is 3.32. The quantitative estimate of drug-likeness (QED) is 0.804. The molecule has 0 bridgehead atoms. The molecule has 0 saturated carbocycles. The van der Waals surface area contributed by atoms with Crippen molar-refractivity contribution >= 4 is 5.91 Å². The van der Waals surface area contributed by atoms with Crippen LogP contribution in [-0.2, 0) is 11.3 Å². The van der Waals surface area contributed by atoms with Crippen molar-refractivity contribution in [3.63, 3.8) is 0 Å². The molecule has 0 aliphatic carbocycles. The van der Waals surface area contributed by atoms with Gasteiger partial charge in [-0.15, -0.1) is 0 Å². The van der Waals surface area contributed by atoms with Crippen LogP contribution < -0.4 is 5.32 Å². The Morgan fingerprint density at radius 1 is 1.39 bits per heavy atom. The number of hydrogen-bond acceptors (Lipinski definition) is 4. The molecule has 0 aromatic carbocycles. The van der Waals surface area contributed by atoms with Crippen LogP contribution in [0.2, 0.25) is 0 Å². The first kappa shape index (κ1) is 13.1. The van der Waals surface area contributed by atoms with Crippen molar-refractivity contribution in [2.75, 3.05) is 19.6 Å². The molecule has 1 fully saturated rings. The molecule has 2 rings (SSSR count). The van der Waals surface area contributed by atoms with Gasteiger partial charge in [-0.05, 0) is 26.7 Å². The molecule has 100 valence electrons. The number of rotatable bonds is 5. The number of carbonyl (C=O) groups is 1. The maximum Gasteiger partial charge on any atom is 0.223 e. The van der Waals surface area contributed by atoms with Crippen LogP contribution in [0.4, 0.5) is 0 Å². The lowest BCUT2D eigenvalue weighted by Gasteiger charge is -2.14. The fourth-order valence-corrected chi connectivity index (χ4v) is 2.13. The maximum absolute atomic E-state index is 11.8. The molecule has 1 aromatic rings. The largest absolute Gasteiger partial charge is 0.444 e. The molecule has 5 heteroatoms. The van der Waals surface area contributed by atoms with E-state index in [1.165, 1.54) is 0 Å². The fourth-order valence-electron chi connectivity index (χ4n) is 2.13. The number of nitrogens with one attached hydrogen (secondary N) is 1. The van der Waals surface area contributed by atoms with Crippen LogP contribution in [0.15, 0.2) is 4.42 Å². The van der Waals surface area contributed by atoms with Gasteiger partial charge in [-0.3, -0.25) is 4.79 Å². The van der Waals surface area contributed by atoms with Crippen molar-refractivity contribution in [3.8, 4) is 0 Å². The van der Waals surface area contributed by atoms with Crippen LogP contribution in [0.3, 0.4) is 0 Å². The zero-order chi connectivity index (χ0) is 13.0. The number of aryl methyl sites for hydroxylation is 2. The number of carbonyl (C=O) groups excluding carboxylic acids is 1. The van der Waals surface area contributed by atoms with Gasteiger partial charge < -0.3 is 14.6 Å². The van der Waals surface area contributed by atoms with Crippen LogP contribution in [0.1, 0.15) is 36.6 Å². The summed E-state index contributed by atoms with van der Waals surface area (Å²) in [5.74, 6) is 1.80. The zero-order valence-corrected chi connectivity index (χ0v) is 11.2. The van der Waals surface area contributed by atoms with Crippen molar-refractivity contribution in [2.45, 2.75) is 39.7 Å². The van der Waals surface area contributed by atoms with Gasteiger partial charge in [-0.2, -0.15) is 0 Å². The summed E-state index contributed by atoms with van der Waals surface area (Å²) in [5, 5.41) is 3.19. The van der Waals surface area contributed by atoms with E-state index in [4.69, 9.17) is 4.42 Å². The third-order valence-electron chi connectivity index (χ3n) is 3.32. The number of amides is 1. The van der Waals surface area contributed by atoms with Crippen LogP contribution in [-0.4, -0.2) is 35.4 Å². The molecule has 2 heterocycles. The van der Waals surface area contributed by atoms with Crippen LogP contribution in [0, 0.1) is 13.8 Å². The average molecular weight is 251 g/mol. The predicted molar refractivity (Wildman–Crippen MR) is 68.1 cm³/mol. The minimum absolute atomic E-state index is 0.250. The van der Waals surface area contributed by atoms with Gasteiger partial charge in [0, 0.05) is 26.1 Å². The van der Waals surface area contributed by atoms with Gasteiger partial charge in [0.1, 0.15) is 5.76 Å². The normalized spacial score (nSPS) is 15.3. The van der Waals surface area contributed by atoms with Crippen molar-refractivity contribution < 1.29 is 9.21 Å². The van der Waals surface area contributed by atoms with E-state index in [9.17, 15) is 4.79 Å². The molecule has 1 N–H and O–H groups in total. The molecule has 0 atom stereocenters. The molecular formula is C13H21N3O2. The number of nitrogens with zero attached hydrogens (tertiary/aromatic N) is 2. The molecule has 1 amide bonds. The van der Waals surface area contributed by atoms with E-state index in [1.807, 2.05) is 18.7 Å². The first-order valence-electron chi connectivity index (χ1n) is 6.58. The van der Waals surface area contributed by atoms with Gasteiger partial charge in [0.05, 0.1) is 12.2 Å². The topological polar surface area (TPSA) is 58.4 Å². The summed E-state index contributed by atoms with van der Waals surface area (Å²) in [5.41, 5.74) is 0.931. The highest BCUT2D eigenvalue weighted by molar-refractivity contribution is 5.76. The Bertz CT molecular complexity index is 389. The van der Waals surface area contributed by atoms with Gasteiger partial charge in [-0.1, -0.05) is 0 Å². The minimum Gasteiger partial charge on any atom is -0.444 e. The van der Waals surface area contributed by atoms with E-state index < -0.39 is 0 Å². The Morgan fingerprint density at radius 3 is 2.72 bits per heavy atom. The number of oxazole rings is 1. The van der Waals surface area contributed by atoms with Crippen LogP contribution >= 0.6 is 0 Å². The summed E-state index contributed by atoms with van der Waals surface area (Å²) < 4.78 is 5.45. The maximum atomic E-state index is 11.8. The highest BCUT2D eigenvalue weighted by atomic mass is 16.4. The highest BCUT2D eigenvalue weighted by Gasteiger charge is 2.16. The Hall–Kier alpha value is -1.36. The second kappa shape index (κ2) is 6.00. The van der Waals surface area contributed by atoms with Gasteiger partial charge in [0.15, 0.2) is 0 Å². The molecule has 1 aliphatic heterocycles. The number of aromatic nitrogens is 1. The molecular weight excluding hydrogens is 230 g/mol. The first-order chi connectivity index (χ1) is 8.66. The van der Waals surface area contributed by atoms with E-state index in [-0.39, 0.29) is 5.91 Å². The molecule has 5 nitrogen and oxygen atoms in total. The zero-order valence-electron chi connectivity index (χ0n) is 11.2. The van der Waals surface area contributed by atoms with E-state index in [2.05, 4.69) is 10.3 Å². The lowest BCUT2D eigenvalue weighted by molar-refractivity contribution is -0.130. The van der Waals surface area contributed by atoms with Gasteiger partial charge >= 0.3 is 0 Å². The summed E-state index contributed by atoms with van der Waals surface area (Å²) in [6.45, 7) is 6.95. The summed E-state index contributed by atoms with van der Waals surface area (Å²) >= 11 is 0. The molecule has 1 saturated heterocycles. The van der Waals surface area contributed by atoms with E-state index in [1.54, 1.807) is 0 Å². The monoisotopic (exact) mass is 251 g/mol. The van der Waals surface area contributed by atoms with E-state index in [0.717, 1.165) is 37.4 Å². The van der Waals surface area contributed by atoms with Gasteiger partial charge in [0.25, 0.3) is 0 Å². The average Bonchev–Trinajstić information content (AvgIpc) is 2.96. The standard InChI is InChI=1S/C13H21N3O2/c1-10-11(2)18-12(15-10)9-14-6-5-13(17)16-7-3-4-8-16/h14H,3-9H2,1-2H3. The van der Waals surface area contributed by atoms with E-state index in [0.29, 0.717) is 25.4 Å². The molecule has 1 aromatic heterocycles. The Labute approximate surface area is 108 Å². The minimum atomic E-state index is 0.250. The first-order valence-corrected chi connectivity index (χ1v) is 6.58. The Balaban J connectivity index is 1.65. The van der Waals surface area contributed by atoms with Gasteiger partial charge in [-0.25, -0.2) is 4.98 Å². The van der Waals surface area contributed by atoms with Crippen LogP contribution in [0.25, 0.3) is 0 Å². The number of likely N-dealkylation sites (tertiary alicyclic amines) is 1. The predicted octanol–water partition coefficient (Wildman–Crippen LogP) is 1.39. The molecule has 0 radical (unpaired) electrons. The summed E-state index contributed by atoms with van der Waals surface area (Å²) in [7, 11) is 0. The fraction of sp³-hybridized carbons (Fsp3) is 0.692. The Kier molecular flexibility index (Phi) is 4.36. The second-order valence-electron chi connectivity index (χ2n) is 4.76. The molecule has 18 heavy (non-hydrogen) atoms. The molecule has 1 aliphatic rings. The summed E-state index contributed by atoms with van der Waals surface area (Å²) in [6.07, 6.45) is 2.85. The lowest BCUT2D eigenvalue weighted by atomic mass is 10.3. The van der Waals surface area contributed by atoms with Crippen molar-refractivity contribution in [1.82, 2.24) is 15.2 Å². The summed E-state index contributed by atoms with van der Waals surface area (Å²) in [4.78, 5) is 18.0. The lowest BCUT2D eigenvalue weighted by Crippen LogP contribution is -2.30. The van der Waals surface area contributed by atoms with Crippen LogP contribution in [0.5, 0.6) is 0 Å². The number of hydrogen-bond donors (Lipinski definition) is 1. The Morgan fingerprint density at radius 2 is 2.11 bits per heavy atom. The van der Waals surface area contributed by atoms with Gasteiger partial charge in [0.2, 0.25) is 11.8 Å². The SMILES string of the molecule is Cc1nc(CNCCC(=O)N2CCCC2)oc1C. The third kappa shape index (κ3) is 3.32. The van der Waals surface area contributed by atoms with Crippen molar-refractivity contribution in [1.29, 1.82) is 0 Å². The van der Waals surface area contributed by atoms with Crippen molar-refractivity contribution in [3.05, 3.63) is 17.3 Å². The molecule has 0 unspecified atom stereocenters. The van der Waals surface area contributed by atoms with E-state index >= 15 is 0 Å². The second-order valence-corrected chi connectivity index (χ2v) is 4.76. The van der Waals surface area contributed by atoms with Crippen molar-refractivity contribution in [2.24, 2.45) is 0 Å². The molecule has 0 spiro atoms. The smallest absolute Gasteiger partial charge is 0.223 e. The summed E-state index contributed by atoms with van der Waals surface area (Å²) in [6, 6.07) is 0.